The Morgan fingerprint density at radius 3 is 2.90 bits per heavy atom. The average molecular weight is 319 g/mol. The maximum atomic E-state index is 12.3. The lowest BCUT2D eigenvalue weighted by atomic mass is 10.00. The number of hydrogen-bond donors (Lipinski definition) is 2. The predicted octanol–water partition coefficient (Wildman–Crippen LogP) is 0.689. The third-order valence-electron chi connectivity index (χ3n) is 3.30. The lowest BCUT2D eigenvalue weighted by Gasteiger charge is -2.31. The van der Waals surface area contributed by atoms with E-state index in [4.69, 9.17) is 0 Å². The highest BCUT2D eigenvalue weighted by Crippen LogP contribution is 2.22. The van der Waals surface area contributed by atoms with Gasteiger partial charge in [0.25, 0.3) is 0 Å². The first-order chi connectivity index (χ1) is 9.55. The van der Waals surface area contributed by atoms with E-state index in [1.54, 1.807) is 0 Å². The van der Waals surface area contributed by atoms with Crippen LogP contribution in [0.25, 0.3) is 0 Å². The number of hydrogen-bond acceptors (Lipinski definition) is 6. The zero-order valence-corrected chi connectivity index (χ0v) is 13.4. The molecule has 1 aliphatic heterocycles. The topological polar surface area (TPSA) is 87.2 Å². The molecule has 0 radical (unpaired) electrons. The summed E-state index contributed by atoms with van der Waals surface area (Å²) in [6.07, 6.45) is 2.71. The minimum Gasteiger partial charge on any atom is -0.319 e. The van der Waals surface area contributed by atoms with Crippen LogP contribution < -0.4 is 10.0 Å². The molecule has 1 unspecified atom stereocenters. The molecule has 1 aliphatic rings. The van der Waals surface area contributed by atoms with E-state index in [2.05, 4.69) is 20.2 Å². The second-order valence-electron chi connectivity index (χ2n) is 4.89. The van der Waals surface area contributed by atoms with Crippen molar-refractivity contribution in [2.75, 3.05) is 31.4 Å². The van der Waals surface area contributed by atoms with E-state index < -0.39 is 10.2 Å². The Kier molecular flexibility index (Phi) is 5.30. The summed E-state index contributed by atoms with van der Waals surface area (Å²) in [4.78, 5) is 0. The van der Waals surface area contributed by atoms with Gasteiger partial charge in [-0.2, -0.15) is 12.7 Å². The molecular weight excluding hydrogens is 298 g/mol. The van der Waals surface area contributed by atoms with Crippen LogP contribution in [-0.2, 0) is 16.6 Å². The van der Waals surface area contributed by atoms with Gasteiger partial charge in [0.2, 0.25) is 5.13 Å². The standard InChI is InChI=1S/C11H21N5O2S2/c1-3-10-13-14-11(19-10)15-20(17,18)16-6-4-5-9(8-16)7-12-2/h9,12H,3-8H2,1-2H3,(H,14,15). The fourth-order valence-electron chi connectivity index (χ4n) is 2.31. The van der Waals surface area contributed by atoms with Crippen molar-refractivity contribution in [3.8, 4) is 0 Å². The number of nitrogens with zero attached hydrogens (tertiary/aromatic N) is 3. The molecule has 9 heteroatoms. The molecular formula is C11H21N5O2S2. The molecule has 0 amide bonds. The maximum absolute atomic E-state index is 12.3. The summed E-state index contributed by atoms with van der Waals surface area (Å²) in [5, 5.41) is 12.1. The first-order valence-corrected chi connectivity index (χ1v) is 9.05. The van der Waals surface area contributed by atoms with E-state index in [0.717, 1.165) is 30.8 Å². The van der Waals surface area contributed by atoms with Gasteiger partial charge in [0.05, 0.1) is 0 Å². The van der Waals surface area contributed by atoms with Crippen molar-refractivity contribution >= 4 is 26.7 Å². The molecule has 2 N–H and O–H groups in total. The van der Waals surface area contributed by atoms with Crippen LogP contribution in [0.4, 0.5) is 5.13 Å². The third kappa shape index (κ3) is 3.87. The van der Waals surface area contributed by atoms with Gasteiger partial charge < -0.3 is 5.32 Å². The lowest BCUT2D eigenvalue weighted by Crippen LogP contribution is -2.44. The molecule has 20 heavy (non-hydrogen) atoms. The highest BCUT2D eigenvalue weighted by Gasteiger charge is 2.29. The van der Waals surface area contributed by atoms with Crippen LogP contribution in [0.15, 0.2) is 0 Å². The fourth-order valence-corrected chi connectivity index (χ4v) is 4.49. The largest absolute Gasteiger partial charge is 0.319 e. The van der Waals surface area contributed by atoms with E-state index in [1.165, 1.54) is 15.6 Å². The van der Waals surface area contributed by atoms with Crippen LogP contribution in [0.2, 0.25) is 0 Å². The smallest absolute Gasteiger partial charge is 0.303 e. The summed E-state index contributed by atoms with van der Waals surface area (Å²) in [7, 11) is -1.63. The number of rotatable bonds is 6. The van der Waals surface area contributed by atoms with E-state index in [-0.39, 0.29) is 0 Å². The van der Waals surface area contributed by atoms with Crippen molar-refractivity contribution in [3.63, 3.8) is 0 Å². The molecule has 1 aromatic heterocycles. The minimum atomic E-state index is -3.52. The van der Waals surface area contributed by atoms with Gasteiger partial charge in [0, 0.05) is 13.1 Å². The van der Waals surface area contributed by atoms with Crippen LogP contribution >= 0.6 is 11.3 Å². The average Bonchev–Trinajstić information content (AvgIpc) is 2.86. The number of anilines is 1. The maximum Gasteiger partial charge on any atom is 0.303 e. The van der Waals surface area contributed by atoms with Crippen molar-refractivity contribution in [2.45, 2.75) is 26.2 Å². The highest BCUT2D eigenvalue weighted by atomic mass is 32.2. The number of aromatic nitrogens is 2. The molecule has 0 saturated carbocycles. The first-order valence-electron chi connectivity index (χ1n) is 6.80. The SMILES string of the molecule is CCc1nnc(NS(=O)(=O)N2CCCC(CNC)C2)s1. The Morgan fingerprint density at radius 2 is 2.25 bits per heavy atom. The van der Waals surface area contributed by atoms with Crippen LogP contribution in [-0.4, -0.2) is 49.6 Å². The van der Waals surface area contributed by atoms with Crippen molar-refractivity contribution in [1.29, 1.82) is 0 Å². The van der Waals surface area contributed by atoms with Crippen LogP contribution in [0.1, 0.15) is 24.8 Å². The Balaban J connectivity index is 2.02. The van der Waals surface area contributed by atoms with E-state index in [1.807, 2.05) is 14.0 Å². The zero-order valence-electron chi connectivity index (χ0n) is 11.8. The number of piperidine rings is 1. The van der Waals surface area contributed by atoms with Crippen molar-refractivity contribution in [2.24, 2.45) is 5.92 Å². The van der Waals surface area contributed by atoms with Crippen molar-refractivity contribution in [3.05, 3.63) is 5.01 Å². The lowest BCUT2D eigenvalue weighted by molar-refractivity contribution is 0.264. The summed E-state index contributed by atoms with van der Waals surface area (Å²) in [5.41, 5.74) is 0. The van der Waals surface area contributed by atoms with E-state index >= 15 is 0 Å². The summed E-state index contributed by atoms with van der Waals surface area (Å²) < 4.78 is 28.7. The summed E-state index contributed by atoms with van der Waals surface area (Å²) in [5.74, 6) is 0.367. The van der Waals surface area contributed by atoms with Gasteiger partial charge in [-0.25, -0.2) is 4.72 Å². The Labute approximate surface area is 124 Å². The second-order valence-corrected chi connectivity index (χ2v) is 7.62. The van der Waals surface area contributed by atoms with Gasteiger partial charge in [-0.05, 0) is 38.8 Å². The minimum absolute atomic E-state index is 0.345. The summed E-state index contributed by atoms with van der Waals surface area (Å²) in [6, 6.07) is 0. The van der Waals surface area contributed by atoms with Gasteiger partial charge in [-0.15, -0.1) is 10.2 Å². The molecule has 7 nitrogen and oxygen atoms in total. The highest BCUT2D eigenvalue weighted by molar-refractivity contribution is 7.90. The van der Waals surface area contributed by atoms with Gasteiger partial charge in [0.1, 0.15) is 5.01 Å². The van der Waals surface area contributed by atoms with Crippen LogP contribution in [0.3, 0.4) is 0 Å². The van der Waals surface area contributed by atoms with Crippen LogP contribution in [0.5, 0.6) is 0 Å². The van der Waals surface area contributed by atoms with Gasteiger partial charge in [0.15, 0.2) is 0 Å². The van der Waals surface area contributed by atoms with Gasteiger partial charge >= 0.3 is 10.2 Å². The Morgan fingerprint density at radius 1 is 1.45 bits per heavy atom. The van der Waals surface area contributed by atoms with E-state index in [0.29, 0.717) is 24.1 Å². The molecule has 0 bridgehead atoms. The molecule has 1 atom stereocenters. The second kappa shape index (κ2) is 6.79. The Bertz CT molecular complexity index is 529. The van der Waals surface area contributed by atoms with Gasteiger partial charge in [-0.3, -0.25) is 0 Å². The number of aryl methyl sites for hydroxylation is 1. The van der Waals surface area contributed by atoms with Crippen molar-refractivity contribution < 1.29 is 8.42 Å². The molecule has 1 fully saturated rings. The molecule has 0 spiro atoms. The molecule has 2 heterocycles. The quantitative estimate of drug-likeness (QED) is 0.805. The van der Waals surface area contributed by atoms with Crippen LogP contribution in [0, 0.1) is 5.92 Å². The number of nitrogens with one attached hydrogen (secondary N) is 2. The van der Waals surface area contributed by atoms with Crippen molar-refractivity contribution in [1.82, 2.24) is 19.8 Å². The fraction of sp³-hybridized carbons (Fsp3) is 0.818. The third-order valence-corrected chi connectivity index (χ3v) is 5.88. The molecule has 1 saturated heterocycles. The molecule has 114 valence electrons. The predicted molar refractivity (Wildman–Crippen MR) is 80.1 cm³/mol. The van der Waals surface area contributed by atoms with E-state index in [9.17, 15) is 8.42 Å². The molecule has 0 aliphatic carbocycles. The summed E-state index contributed by atoms with van der Waals surface area (Å²) in [6.45, 7) is 3.92. The first kappa shape index (κ1) is 15.6. The molecule has 2 rings (SSSR count). The Hall–Kier alpha value is -0.770. The zero-order chi connectivity index (χ0) is 14.6. The molecule has 1 aromatic rings. The van der Waals surface area contributed by atoms with Gasteiger partial charge in [-0.1, -0.05) is 18.3 Å². The normalized spacial score (nSPS) is 21.0. The molecule has 0 aromatic carbocycles. The summed E-state index contributed by atoms with van der Waals surface area (Å²) >= 11 is 1.28. The monoisotopic (exact) mass is 319 g/mol.